The molecule has 0 aromatic carbocycles. The summed E-state index contributed by atoms with van der Waals surface area (Å²) in [6, 6.07) is 0. The van der Waals surface area contributed by atoms with Gasteiger partial charge in [0.25, 0.3) is 0 Å². The average molecular weight is 176 g/mol. The van der Waals surface area contributed by atoms with Crippen LogP contribution >= 0.6 is 0 Å². The Kier molecular flexibility index (Phi) is 2.08. The molecular weight excluding hydrogens is 164 g/mol. The maximum atomic E-state index is 10.9. The van der Waals surface area contributed by atoms with Crippen LogP contribution in [-0.2, 0) is 10.0 Å². The summed E-state index contributed by atoms with van der Waals surface area (Å²) in [6.45, 7) is 3.27. The second-order valence-corrected chi connectivity index (χ2v) is 4.43. The quantitative estimate of drug-likeness (QED) is 0.595. The molecule has 0 amide bonds. The van der Waals surface area contributed by atoms with Crippen LogP contribution in [0.2, 0.25) is 0 Å². The largest absolute Gasteiger partial charge is 0.358 e. The summed E-state index contributed by atoms with van der Waals surface area (Å²) in [7, 11) is -3.04. The zero-order valence-corrected chi connectivity index (χ0v) is 7.50. The van der Waals surface area contributed by atoms with E-state index in [1.54, 1.807) is 12.4 Å². The highest BCUT2D eigenvalue weighted by Crippen LogP contribution is 2.09. The topological polar surface area (TPSA) is 40.6 Å². The molecule has 64 valence electrons. The van der Waals surface area contributed by atoms with Crippen LogP contribution in [-0.4, -0.2) is 37.1 Å². The molecule has 5 heteroatoms. The molecule has 0 N–H and O–H groups in total. The summed E-state index contributed by atoms with van der Waals surface area (Å²) < 4.78 is 23.2. The Hall–Kier alpha value is -0.710. The Balaban J connectivity index is 2.65. The van der Waals surface area contributed by atoms with Crippen LogP contribution in [0.1, 0.15) is 6.92 Å². The molecule has 1 rings (SSSR count). The van der Waals surface area contributed by atoms with Crippen molar-refractivity contribution < 1.29 is 8.42 Å². The van der Waals surface area contributed by atoms with Gasteiger partial charge in [-0.1, -0.05) is 0 Å². The van der Waals surface area contributed by atoms with E-state index in [1.165, 1.54) is 10.6 Å². The fraction of sp³-hybridized carbons (Fsp3) is 0.667. The van der Waals surface area contributed by atoms with E-state index in [-0.39, 0.29) is 0 Å². The lowest BCUT2D eigenvalue weighted by atomic mass is 10.6. The first-order valence-electron chi connectivity index (χ1n) is 3.43. The lowest BCUT2D eigenvalue weighted by Crippen LogP contribution is -2.29. The first kappa shape index (κ1) is 8.39. The van der Waals surface area contributed by atoms with E-state index in [1.807, 2.05) is 11.8 Å². The number of sulfonamides is 1. The predicted octanol–water partition coefficient (Wildman–Crippen LogP) is 0.0122. The normalized spacial score (nSPS) is 18.0. The van der Waals surface area contributed by atoms with Crippen LogP contribution in [0.3, 0.4) is 0 Å². The van der Waals surface area contributed by atoms with Gasteiger partial charge in [-0.15, -0.1) is 0 Å². The molecule has 11 heavy (non-hydrogen) atoms. The molecule has 1 aliphatic heterocycles. The predicted molar refractivity (Wildman–Crippen MR) is 43.1 cm³/mol. The molecule has 0 aromatic heterocycles. The first-order valence-corrected chi connectivity index (χ1v) is 5.28. The highest BCUT2D eigenvalue weighted by Gasteiger charge is 2.18. The monoisotopic (exact) mass is 176 g/mol. The van der Waals surface area contributed by atoms with E-state index >= 15 is 0 Å². The Morgan fingerprint density at radius 2 is 2.09 bits per heavy atom. The maximum Gasteiger partial charge on any atom is 0.233 e. The van der Waals surface area contributed by atoms with Crippen molar-refractivity contribution in [3.8, 4) is 0 Å². The van der Waals surface area contributed by atoms with Crippen LogP contribution in [0.15, 0.2) is 12.4 Å². The van der Waals surface area contributed by atoms with Crippen molar-refractivity contribution in [1.29, 1.82) is 0 Å². The van der Waals surface area contributed by atoms with E-state index in [0.717, 1.165) is 6.54 Å². The molecule has 0 aromatic rings. The molecule has 0 bridgehead atoms. The van der Waals surface area contributed by atoms with E-state index in [4.69, 9.17) is 0 Å². The third kappa shape index (κ3) is 1.86. The SMILES string of the molecule is CCN1C=CN(S(C)(=O)=O)C1. The highest BCUT2D eigenvalue weighted by molar-refractivity contribution is 7.88. The van der Waals surface area contributed by atoms with Crippen LogP contribution in [0.25, 0.3) is 0 Å². The Morgan fingerprint density at radius 3 is 2.36 bits per heavy atom. The molecule has 0 saturated heterocycles. The van der Waals surface area contributed by atoms with E-state index < -0.39 is 10.0 Å². The van der Waals surface area contributed by atoms with Crippen molar-refractivity contribution in [3.63, 3.8) is 0 Å². The smallest absolute Gasteiger partial charge is 0.233 e. The molecule has 0 radical (unpaired) electrons. The lowest BCUT2D eigenvalue weighted by molar-refractivity contribution is 0.348. The average Bonchev–Trinajstić information content (AvgIpc) is 2.32. The van der Waals surface area contributed by atoms with Gasteiger partial charge in [0.1, 0.15) is 6.67 Å². The van der Waals surface area contributed by atoms with Gasteiger partial charge in [-0.3, -0.25) is 4.31 Å². The maximum absolute atomic E-state index is 10.9. The molecule has 0 atom stereocenters. The molecule has 4 nitrogen and oxygen atoms in total. The summed E-state index contributed by atoms with van der Waals surface area (Å²) in [4.78, 5) is 1.92. The molecule has 0 fully saturated rings. The van der Waals surface area contributed by atoms with Crippen LogP contribution < -0.4 is 0 Å². The second-order valence-electron chi connectivity index (χ2n) is 2.49. The third-order valence-corrected chi connectivity index (χ3v) is 2.69. The standard InChI is InChI=1S/C6H12N2O2S/c1-3-7-4-5-8(6-7)11(2,9)10/h4-5H,3,6H2,1-2H3. The van der Waals surface area contributed by atoms with Gasteiger partial charge in [0.2, 0.25) is 10.0 Å². The Labute approximate surface area is 67.1 Å². The Bertz CT molecular complexity index is 258. The molecular formula is C6H12N2O2S. The fourth-order valence-corrected chi connectivity index (χ4v) is 1.50. The van der Waals surface area contributed by atoms with Crippen molar-refractivity contribution in [2.45, 2.75) is 6.92 Å². The Morgan fingerprint density at radius 1 is 1.45 bits per heavy atom. The van der Waals surface area contributed by atoms with Gasteiger partial charge in [-0.25, -0.2) is 8.42 Å². The van der Waals surface area contributed by atoms with E-state index in [9.17, 15) is 8.42 Å². The third-order valence-electron chi connectivity index (χ3n) is 1.60. The van der Waals surface area contributed by atoms with Gasteiger partial charge < -0.3 is 4.90 Å². The second kappa shape index (κ2) is 2.73. The minimum Gasteiger partial charge on any atom is -0.358 e. The van der Waals surface area contributed by atoms with Gasteiger partial charge >= 0.3 is 0 Å². The minimum atomic E-state index is -3.04. The van der Waals surface area contributed by atoms with Crippen molar-refractivity contribution in [2.24, 2.45) is 0 Å². The van der Waals surface area contributed by atoms with Gasteiger partial charge in [0.05, 0.1) is 6.26 Å². The van der Waals surface area contributed by atoms with Crippen molar-refractivity contribution in [3.05, 3.63) is 12.4 Å². The van der Waals surface area contributed by atoms with Gasteiger partial charge in [0, 0.05) is 18.9 Å². The number of hydrogen-bond acceptors (Lipinski definition) is 3. The van der Waals surface area contributed by atoms with Crippen molar-refractivity contribution >= 4 is 10.0 Å². The summed E-state index contributed by atoms with van der Waals surface area (Å²) in [5, 5.41) is 0. The summed E-state index contributed by atoms with van der Waals surface area (Å²) in [6.07, 6.45) is 4.57. The molecule has 1 heterocycles. The molecule has 0 unspecified atom stereocenters. The van der Waals surface area contributed by atoms with E-state index in [0.29, 0.717) is 6.67 Å². The summed E-state index contributed by atoms with van der Waals surface area (Å²) in [5.74, 6) is 0. The zero-order valence-electron chi connectivity index (χ0n) is 6.69. The van der Waals surface area contributed by atoms with Gasteiger partial charge in [-0.05, 0) is 6.92 Å². The van der Waals surface area contributed by atoms with Gasteiger partial charge in [-0.2, -0.15) is 0 Å². The molecule has 0 saturated carbocycles. The molecule has 1 aliphatic rings. The number of rotatable bonds is 2. The zero-order chi connectivity index (χ0) is 8.48. The molecule has 0 spiro atoms. The fourth-order valence-electron chi connectivity index (χ4n) is 0.863. The number of nitrogens with zero attached hydrogens (tertiary/aromatic N) is 2. The number of hydrogen-bond donors (Lipinski definition) is 0. The van der Waals surface area contributed by atoms with Crippen LogP contribution in [0.4, 0.5) is 0 Å². The van der Waals surface area contributed by atoms with Crippen molar-refractivity contribution in [1.82, 2.24) is 9.21 Å². The molecule has 0 aliphatic carbocycles. The highest BCUT2D eigenvalue weighted by atomic mass is 32.2. The lowest BCUT2D eigenvalue weighted by Gasteiger charge is -2.17. The van der Waals surface area contributed by atoms with E-state index in [2.05, 4.69) is 0 Å². The summed E-state index contributed by atoms with van der Waals surface area (Å²) >= 11 is 0. The minimum absolute atomic E-state index is 0.454. The van der Waals surface area contributed by atoms with Crippen LogP contribution in [0, 0.1) is 0 Å². The summed E-state index contributed by atoms with van der Waals surface area (Å²) in [5.41, 5.74) is 0. The first-order chi connectivity index (χ1) is 5.04. The van der Waals surface area contributed by atoms with Crippen molar-refractivity contribution in [2.75, 3.05) is 19.5 Å². The van der Waals surface area contributed by atoms with Gasteiger partial charge in [0.15, 0.2) is 0 Å². The van der Waals surface area contributed by atoms with Crippen LogP contribution in [0.5, 0.6) is 0 Å².